The Morgan fingerprint density at radius 2 is 1.95 bits per heavy atom. The van der Waals surface area contributed by atoms with E-state index in [2.05, 4.69) is 16.9 Å². The summed E-state index contributed by atoms with van der Waals surface area (Å²) < 4.78 is 6.70. The number of ether oxygens (including phenoxy) is 1. The zero-order valence-corrected chi connectivity index (χ0v) is 12.6. The fourth-order valence-corrected chi connectivity index (χ4v) is 2.21. The van der Waals surface area contributed by atoms with Crippen LogP contribution in [0.1, 0.15) is 5.69 Å². The lowest BCUT2D eigenvalue weighted by molar-refractivity contribution is -0.142. The molecule has 2 rings (SSSR count). The molecule has 21 heavy (non-hydrogen) atoms. The number of hydrogen-bond acceptors (Lipinski definition) is 4. The minimum atomic E-state index is -0.648. The summed E-state index contributed by atoms with van der Waals surface area (Å²) in [7, 11) is 5.36. The molecule has 5 heteroatoms. The zero-order chi connectivity index (χ0) is 15.4. The zero-order valence-electron chi connectivity index (χ0n) is 12.6. The maximum atomic E-state index is 11.4. The van der Waals surface area contributed by atoms with Crippen molar-refractivity contribution in [3.63, 3.8) is 0 Å². The minimum absolute atomic E-state index is 0.397. The molecule has 2 N–H and O–H groups in total. The molecule has 112 valence electrons. The molecule has 1 heterocycles. The molecule has 5 nitrogen and oxygen atoms in total. The first kappa shape index (κ1) is 15.1. The van der Waals surface area contributed by atoms with Gasteiger partial charge in [0.1, 0.15) is 6.04 Å². The molecule has 1 unspecified atom stereocenters. The predicted molar refractivity (Wildman–Crippen MR) is 83.8 cm³/mol. The molecule has 0 aliphatic heterocycles. The van der Waals surface area contributed by atoms with Crippen molar-refractivity contribution in [2.24, 2.45) is 5.73 Å². The van der Waals surface area contributed by atoms with Crippen LogP contribution < -0.4 is 10.6 Å². The summed E-state index contributed by atoms with van der Waals surface area (Å²) in [6.45, 7) is 0. The van der Waals surface area contributed by atoms with Gasteiger partial charge in [0.25, 0.3) is 0 Å². The average molecular weight is 287 g/mol. The lowest BCUT2D eigenvalue weighted by Gasteiger charge is -2.15. The number of rotatable bonds is 5. The van der Waals surface area contributed by atoms with Crippen molar-refractivity contribution >= 4 is 11.7 Å². The van der Waals surface area contributed by atoms with Crippen molar-refractivity contribution in [3.8, 4) is 5.69 Å². The quantitative estimate of drug-likeness (QED) is 0.848. The van der Waals surface area contributed by atoms with Gasteiger partial charge in [0.15, 0.2) is 0 Å². The van der Waals surface area contributed by atoms with Crippen molar-refractivity contribution in [2.75, 3.05) is 26.1 Å². The van der Waals surface area contributed by atoms with Crippen LogP contribution in [0.5, 0.6) is 0 Å². The van der Waals surface area contributed by atoms with Gasteiger partial charge in [0.05, 0.1) is 7.11 Å². The number of methoxy groups -OCH3 is 1. The molecule has 2 aromatic rings. The summed E-state index contributed by atoms with van der Waals surface area (Å²) in [5.41, 5.74) is 8.99. The molecule has 0 saturated carbocycles. The normalized spacial score (nSPS) is 12.0. The number of nitrogens with zero attached hydrogens (tertiary/aromatic N) is 2. The van der Waals surface area contributed by atoms with Crippen LogP contribution in [-0.4, -0.2) is 37.8 Å². The van der Waals surface area contributed by atoms with E-state index in [4.69, 9.17) is 5.73 Å². The Balaban J connectivity index is 2.21. The lowest BCUT2D eigenvalue weighted by Crippen LogP contribution is -2.34. The van der Waals surface area contributed by atoms with Crippen molar-refractivity contribution < 1.29 is 9.53 Å². The summed E-state index contributed by atoms with van der Waals surface area (Å²) in [4.78, 5) is 13.5. The van der Waals surface area contributed by atoms with Crippen LogP contribution in [0.4, 0.5) is 5.69 Å². The Labute approximate surface area is 124 Å². The number of esters is 1. The summed E-state index contributed by atoms with van der Waals surface area (Å²) in [5.74, 6) is -0.397. The number of benzene rings is 1. The SMILES string of the molecule is COC(=O)C(N)Cc1cccn1-c1ccc(N(C)C)cc1. The van der Waals surface area contributed by atoms with E-state index in [1.807, 2.05) is 54.0 Å². The third kappa shape index (κ3) is 3.44. The predicted octanol–water partition coefficient (Wildman–Crippen LogP) is 1.59. The number of nitrogens with two attached hydrogens (primary N) is 1. The maximum Gasteiger partial charge on any atom is 0.323 e. The third-order valence-corrected chi connectivity index (χ3v) is 3.41. The molecule has 1 aromatic heterocycles. The van der Waals surface area contributed by atoms with Crippen LogP contribution in [0.2, 0.25) is 0 Å². The number of aromatic nitrogens is 1. The van der Waals surface area contributed by atoms with Gasteiger partial charge >= 0.3 is 5.97 Å². The highest BCUT2D eigenvalue weighted by Crippen LogP contribution is 2.18. The van der Waals surface area contributed by atoms with Crippen LogP contribution in [0, 0.1) is 0 Å². The van der Waals surface area contributed by atoms with E-state index in [0.717, 1.165) is 17.1 Å². The second kappa shape index (κ2) is 6.45. The Bertz CT molecular complexity index is 602. The molecule has 1 atom stereocenters. The molecular formula is C16H21N3O2. The van der Waals surface area contributed by atoms with Gasteiger partial charge in [-0.2, -0.15) is 0 Å². The van der Waals surface area contributed by atoms with Crippen molar-refractivity contribution in [2.45, 2.75) is 12.5 Å². The standard InChI is InChI=1S/C16H21N3O2/c1-18(2)12-6-8-13(9-7-12)19-10-4-5-14(19)11-15(17)16(20)21-3/h4-10,15H,11,17H2,1-3H3. The summed E-state index contributed by atoms with van der Waals surface area (Å²) in [5, 5.41) is 0. The van der Waals surface area contributed by atoms with Gasteiger partial charge in [-0.1, -0.05) is 0 Å². The first-order valence-electron chi connectivity index (χ1n) is 6.80. The number of carbonyl (C=O) groups excluding carboxylic acids is 1. The van der Waals surface area contributed by atoms with Crippen LogP contribution in [-0.2, 0) is 16.0 Å². The Morgan fingerprint density at radius 1 is 1.29 bits per heavy atom. The molecule has 0 radical (unpaired) electrons. The van der Waals surface area contributed by atoms with Gasteiger partial charge in [0, 0.05) is 43.8 Å². The van der Waals surface area contributed by atoms with Crippen LogP contribution in [0.3, 0.4) is 0 Å². The Morgan fingerprint density at radius 3 is 2.52 bits per heavy atom. The molecule has 0 saturated heterocycles. The number of carbonyl (C=O) groups is 1. The monoisotopic (exact) mass is 287 g/mol. The fraction of sp³-hybridized carbons (Fsp3) is 0.312. The third-order valence-electron chi connectivity index (χ3n) is 3.41. The van der Waals surface area contributed by atoms with Gasteiger partial charge in [-0.3, -0.25) is 4.79 Å². The molecule has 0 spiro atoms. The first-order valence-corrected chi connectivity index (χ1v) is 6.80. The van der Waals surface area contributed by atoms with Crippen LogP contribution in [0.25, 0.3) is 5.69 Å². The van der Waals surface area contributed by atoms with Crippen molar-refractivity contribution in [3.05, 3.63) is 48.3 Å². The second-order valence-corrected chi connectivity index (χ2v) is 5.11. The van der Waals surface area contributed by atoms with E-state index >= 15 is 0 Å². The smallest absolute Gasteiger partial charge is 0.323 e. The van der Waals surface area contributed by atoms with Gasteiger partial charge in [-0.25, -0.2) is 0 Å². The van der Waals surface area contributed by atoms with E-state index in [1.165, 1.54) is 7.11 Å². The van der Waals surface area contributed by atoms with Gasteiger partial charge in [0.2, 0.25) is 0 Å². The lowest BCUT2D eigenvalue weighted by atomic mass is 10.1. The highest BCUT2D eigenvalue weighted by molar-refractivity contribution is 5.75. The fourth-order valence-electron chi connectivity index (χ4n) is 2.21. The first-order chi connectivity index (χ1) is 10.0. The highest BCUT2D eigenvalue weighted by atomic mass is 16.5. The summed E-state index contributed by atoms with van der Waals surface area (Å²) >= 11 is 0. The molecule has 0 fully saturated rings. The largest absolute Gasteiger partial charge is 0.468 e. The number of anilines is 1. The number of hydrogen-bond donors (Lipinski definition) is 1. The minimum Gasteiger partial charge on any atom is -0.468 e. The van der Waals surface area contributed by atoms with Gasteiger partial charge in [-0.05, 0) is 36.4 Å². The van der Waals surface area contributed by atoms with Crippen LogP contribution >= 0.6 is 0 Å². The van der Waals surface area contributed by atoms with E-state index in [-0.39, 0.29) is 0 Å². The molecule has 0 aliphatic carbocycles. The Hall–Kier alpha value is -2.27. The summed E-state index contributed by atoms with van der Waals surface area (Å²) in [6.07, 6.45) is 2.40. The topological polar surface area (TPSA) is 60.5 Å². The van der Waals surface area contributed by atoms with Crippen molar-refractivity contribution in [1.29, 1.82) is 0 Å². The van der Waals surface area contributed by atoms with E-state index < -0.39 is 12.0 Å². The van der Waals surface area contributed by atoms with E-state index in [9.17, 15) is 4.79 Å². The molecule has 0 aliphatic rings. The van der Waals surface area contributed by atoms with Crippen LogP contribution in [0.15, 0.2) is 42.6 Å². The van der Waals surface area contributed by atoms with Gasteiger partial charge < -0.3 is 19.9 Å². The second-order valence-electron chi connectivity index (χ2n) is 5.11. The molecule has 0 bridgehead atoms. The summed E-state index contributed by atoms with van der Waals surface area (Å²) in [6, 6.07) is 11.5. The molecular weight excluding hydrogens is 266 g/mol. The average Bonchev–Trinajstić information content (AvgIpc) is 2.94. The Kier molecular flexibility index (Phi) is 4.65. The highest BCUT2D eigenvalue weighted by Gasteiger charge is 2.16. The van der Waals surface area contributed by atoms with Crippen molar-refractivity contribution in [1.82, 2.24) is 4.57 Å². The molecule has 0 amide bonds. The van der Waals surface area contributed by atoms with Gasteiger partial charge in [-0.15, -0.1) is 0 Å². The molecule has 1 aromatic carbocycles. The van der Waals surface area contributed by atoms with E-state index in [0.29, 0.717) is 6.42 Å². The maximum absolute atomic E-state index is 11.4. The van der Waals surface area contributed by atoms with E-state index in [1.54, 1.807) is 0 Å².